The molecular weight excluding hydrogens is 321 g/mol. The van der Waals surface area contributed by atoms with Gasteiger partial charge in [-0.25, -0.2) is 0 Å². The lowest BCUT2D eigenvalue weighted by Crippen LogP contribution is -2.30. The second-order valence-corrected chi connectivity index (χ2v) is 6.47. The molecule has 0 aliphatic rings. The highest BCUT2D eigenvalue weighted by atomic mass is 16.4. The van der Waals surface area contributed by atoms with Gasteiger partial charge in [0, 0.05) is 16.2 Å². The smallest absolute Gasteiger partial charge is 0.423 e. The van der Waals surface area contributed by atoms with Gasteiger partial charge in [0.25, 0.3) is 0 Å². The van der Waals surface area contributed by atoms with Crippen LogP contribution < -0.4 is 5.46 Å². The van der Waals surface area contributed by atoms with Gasteiger partial charge in [-0.1, -0.05) is 66.7 Å². The number of benzene rings is 4. The molecule has 3 nitrogen and oxygen atoms in total. The molecule has 2 N–H and O–H groups in total. The molecule has 26 heavy (non-hydrogen) atoms. The third-order valence-electron chi connectivity index (χ3n) is 5.02. The third kappa shape index (κ3) is 2.10. The molecule has 0 saturated heterocycles. The highest BCUT2D eigenvalue weighted by Gasteiger charge is 2.21. The molecule has 0 amide bonds. The Kier molecular flexibility index (Phi) is 3.35. The Bertz CT molecular complexity index is 1270. The Labute approximate surface area is 150 Å². The van der Waals surface area contributed by atoms with Crippen molar-refractivity contribution in [1.82, 2.24) is 4.57 Å². The highest BCUT2D eigenvalue weighted by molar-refractivity contribution is 6.63. The van der Waals surface area contributed by atoms with E-state index in [0.717, 1.165) is 32.9 Å². The first-order valence-electron chi connectivity index (χ1n) is 8.62. The second-order valence-electron chi connectivity index (χ2n) is 6.47. The van der Waals surface area contributed by atoms with E-state index < -0.39 is 7.12 Å². The van der Waals surface area contributed by atoms with Crippen LogP contribution in [0.15, 0.2) is 84.9 Å². The van der Waals surface area contributed by atoms with Crippen LogP contribution in [-0.4, -0.2) is 21.7 Å². The Morgan fingerprint density at radius 1 is 0.615 bits per heavy atom. The van der Waals surface area contributed by atoms with Crippen LogP contribution in [0.1, 0.15) is 0 Å². The number of fused-ring (bicyclic) bond motifs is 4. The van der Waals surface area contributed by atoms with Crippen LogP contribution in [-0.2, 0) is 0 Å². The van der Waals surface area contributed by atoms with E-state index in [1.165, 1.54) is 5.39 Å². The minimum absolute atomic E-state index is 0.526. The predicted octanol–water partition coefficient (Wildman–Crippen LogP) is 3.62. The number of hydrogen-bond acceptors (Lipinski definition) is 2. The van der Waals surface area contributed by atoms with E-state index in [1.807, 2.05) is 42.5 Å². The fourth-order valence-corrected chi connectivity index (χ4v) is 3.93. The number of hydrogen-bond donors (Lipinski definition) is 2. The highest BCUT2D eigenvalue weighted by Crippen LogP contribution is 2.33. The number of aromatic nitrogens is 1. The normalized spacial score (nSPS) is 11.5. The molecular formula is C22H16BNO2. The largest absolute Gasteiger partial charge is 0.489 e. The van der Waals surface area contributed by atoms with Gasteiger partial charge in [-0.15, -0.1) is 0 Å². The molecule has 0 atom stereocenters. The quantitative estimate of drug-likeness (QED) is 0.483. The van der Waals surface area contributed by atoms with Crippen LogP contribution in [0.25, 0.3) is 38.3 Å². The van der Waals surface area contributed by atoms with E-state index in [9.17, 15) is 10.0 Å². The van der Waals surface area contributed by atoms with Gasteiger partial charge in [-0.2, -0.15) is 0 Å². The van der Waals surface area contributed by atoms with Gasteiger partial charge < -0.3 is 14.6 Å². The van der Waals surface area contributed by atoms with Crippen LogP contribution in [0.3, 0.4) is 0 Å². The van der Waals surface area contributed by atoms with Gasteiger partial charge in [0.2, 0.25) is 0 Å². The maximum absolute atomic E-state index is 9.88. The summed E-state index contributed by atoms with van der Waals surface area (Å²) >= 11 is 0. The van der Waals surface area contributed by atoms with Gasteiger partial charge in [0.15, 0.2) is 0 Å². The molecule has 1 heterocycles. The summed E-state index contributed by atoms with van der Waals surface area (Å²) in [5.41, 5.74) is 3.62. The first kappa shape index (κ1) is 15.2. The van der Waals surface area contributed by atoms with E-state index in [2.05, 4.69) is 41.0 Å². The standard InChI is InChI=1S/C22H16BNO2/c25-23(26)18-11-6-14-21-22(18)17-10-3-4-12-20(17)24(21)19-13-5-8-15-7-1-2-9-16(15)19/h1-14,25-26H. The Balaban J connectivity index is 2.01. The Morgan fingerprint density at radius 2 is 1.27 bits per heavy atom. The molecule has 0 saturated carbocycles. The molecule has 1 aromatic heterocycles. The molecule has 0 fully saturated rings. The molecule has 5 aromatic rings. The monoisotopic (exact) mass is 337 g/mol. The summed E-state index contributed by atoms with van der Waals surface area (Å²) in [5.74, 6) is 0. The van der Waals surface area contributed by atoms with Crippen molar-refractivity contribution in [3.63, 3.8) is 0 Å². The van der Waals surface area contributed by atoms with E-state index in [-0.39, 0.29) is 0 Å². The molecule has 0 bridgehead atoms. The lowest BCUT2D eigenvalue weighted by Gasteiger charge is -2.11. The predicted molar refractivity (Wildman–Crippen MR) is 108 cm³/mol. The average molecular weight is 337 g/mol. The summed E-state index contributed by atoms with van der Waals surface area (Å²) < 4.78 is 2.21. The summed E-state index contributed by atoms with van der Waals surface area (Å²) in [6, 6.07) is 28.4. The lowest BCUT2D eigenvalue weighted by atomic mass is 9.77. The molecule has 0 aliphatic heterocycles. The van der Waals surface area contributed by atoms with Crippen molar-refractivity contribution in [3.05, 3.63) is 84.9 Å². The summed E-state index contributed by atoms with van der Waals surface area (Å²) in [4.78, 5) is 0. The van der Waals surface area contributed by atoms with Crippen molar-refractivity contribution in [1.29, 1.82) is 0 Å². The summed E-state index contributed by atoms with van der Waals surface area (Å²) in [6.45, 7) is 0. The Hall–Kier alpha value is -3.08. The summed E-state index contributed by atoms with van der Waals surface area (Å²) in [6.07, 6.45) is 0. The van der Waals surface area contributed by atoms with Crippen LogP contribution in [0.5, 0.6) is 0 Å². The first-order valence-corrected chi connectivity index (χ1v) is 8.62. The van der Waals surface area contributed by atoms with Crippen molar-refractivity contribution in [3.8, 4) is 5.69 Å². The molecule has 0 spiro atoms. The maximum atomic E-state index is 9.88. The molecule has 0 unspecified atom stereocenters. The minimum atomic E-state index is -1.51. The number of para-hydroxylation sites is 1. The van der Waals surface area contributed by atoms with Gasteiger partial charge in [0.05, 0.1) is 16.7 Å². The summed E-state index contributed by atoms with van der Waals surface area (Å²) in [7, 11) is -1.51. The van der Waals surface area contributed by atoms with Crippen LogP contribution >= 0.6 is 0 Å². The van der Waals surface area contributed by atoms with E-state index in [0.29, 0.717) is 5.46 Å². The van der Waals surface area contributed by atoms with E-state index in [1.54, 1.807) is 6.07 Å². The zero-order chi connectivity index (χ0) is 17.7. The summed E-state index contributed by atoms with van der Waals surface area (Å²) in [5, 5.41) is 24.0. The first-order chi connectivity index (χ1) is 12.8. The van der Waals surface area contributed by atoms with Crippen molar-refractivity contribution >= 4 is 45.2 Å². The van der Waals surface area contributed by atoms with Gasteiger partial charge >= 0.3 is 7.12 Å². The minimum Gasteiger partial charge on any atom is -0.423 e. The van der Waals surface area contributed by atoms with Gasteiger partial charge in [0.1, 0.15) is 0 Å². The van der Waals surface area contributed by atoms with Gasteiger partial charge in [-0.3, -0.25) is 0 Å². The zero-order valence-electron chi connectivity index (χ0n) is 14.0. The van der Waals surface area contributed by atoms with Crippen LogP contribution in [0, 0.1) is 0 Å². The van der Waals surface area contributed by atoms with Crippen molar-refractivity contribution < 1.29 is 10.0 Å². The molecule has 0 aliphatic carbocycles. The van der Waals surface area contributed by atoms with Gasteiger partial charge in [-0.05, 0) is 29.0 Å². The fourth-order valence-electron chi connectivity index (χ4n) is 3.93. The van der Waals surface area contributed by atoms with Crippen LogP contribution in [0.2, 0.25) is 0 Å². The zero-order valence-corrected chi connectivity index (χ0v) is 14.0. The van der Waals surface area contributed by atoms with Crippen molar-refractivity contribution in [2.24, 2.45) is 0 Å². The van der Waals surface area contributed by atoms with Crippen molar-refractivity contribution in [2.45, 2.75) is 0 Å². The molecule has 4 aromatic carbocycles. The van der Waals surface area contributed by atoms with E-state index >= 15 is 0 Å². The van der Waals surface area contributed by atoms with Crippen LogP contribution in [0.4, 0.5) is 0 Å². The Morgan fingerprint density at radius 3 is 2.12 bits per heavy atom. The fraction of sp³-hybridized carbons (Fsp3) is 0. The maximum Gasteiger partial charge on any atom is 0.489 e. The second kappa shape index (κ2) is 5.73. The molecule has 0 radical (unpaired) electrons. The molecule has 5 rings (SSSR count). The number of rotatable bonds is 2. The SMILES string of the molecule is OB(O)c1cccc2c1c1ccccc1n2-c1cccc2ccccc12. The molecule has 4 heteroatoms. The topological polar surface area (TPSA) is 45.4 Å². The average Bonchev–Trinajstić information content (AvgIpc) is 3.02. The number of nitrogens with zero attached hydrogens (tertiary/aromatic N) is 1. The third-order valence-corrected chi connectivity index (χ3v) is 5.02. The van der Waals surface area contributed by atoms with E-state index in [4.69, 9.17) is 0 Å². The lowest BCUT2D eigenvalue weighted by molar-refractivity contribution is 0.426. The van der Waals surface area contributed by atoms with Crippen molar-refractivity contribution in [2.75, 3.05) is 0 Å². The molecule has 124 valence electrons.